The Bertz CT molecular complexity index is 700. The van der Waals surface area contributed by atoms with E-state index in [1.807, 2.05) is 19.6 Å². The summed E-state index contributed by atoms with van der Waals surface area (Å²) in [6, 6.07) is 6.91. The first kappa shape index (κ1) is 21.4. The van der Waals surface area contributed by atoms with Crippen LogP contribution in [0.1, 0.15) is 13.8 Å². The van der Waals surface area contributed by atoms with Gasteiger partial charge in [-0.15, -0.1) is 0 Å². The fourth-order valence-corrected chi connectivity index (χ4v) is 11.2. The van der Waals surface area contributed by atoms with Crippen LogP contribution in [0.3, 0.4) is 0 Å². The van der Waals surface area contributed by atoms with Gasteiger partial charge >= 0.3 is 7.60 Å². The van der Waals surface area contributed by atoms with Crippen LogP contribution in [0.4, 0.5) is 0 Å². The van der Waals surface area contributed by atoms with Crippen LogP contribution in [0, 0.1) is 0 Å². The number of nitrogens with zero attached hydrogens (tertiary/aromatic N) is 1. The van der Waals surface area contributed by atoms with Crippen LogP contribution in [0.25, 0.3) is 0 Å². The molecule has 0 heterocycles. The Balaban J connectivity index is 3.48. The summed E-state index contributed by atoms with van der Waals surface area (Å²) in [6.07, 6.45) is 0. The normalized spacial score (nSPS) is 14.9. The van der Waals surface area contributed by atoms with E-state index in [1.165, 1.54) is 0 Å². The molecule has 1 atom stereocenters. The van der Waals surface area contributed by atoms with E-state index in [4.69, 9.17) is 13.8 Å². The quantitative estimate of drug-likeness (QED) is 0.453. The number of hydrogen-bond acceptors (Lipinski definition) is 6. The predicted octanol–water partition coefficient (Wildman–Crippen LogP) is 4.58. The van der Waals surface area contributed by atoms with E-state index in [0.29, 0.717) is 10.6 Å². The van der Waals surface area contributed by atoms with Crippen molar-refractivity contribution in [2.75, 3.05) is 25.8 Å². The number of hydrogen-bond donors (Lipinski definition) is 0. The minimum atomic E-state index is -3.50. The Labute approximate surface area is 146 Å². The van der Waals surface area contributed by atoms with Crippen molar-refractivity contribution < 1.29 is 22.6 Å². The molecule has 24 heavy (non-hydrogen) atoms. The summed E-state index contributed by atoms with van der Waals surface area (Å²) in [5.74, 6) is 0.577. The summed E-state index contributed by atoms with van der Waals surface area (Å²) in [4.78, 5) is 0.490. The van der Waals surface area contributed by atoms with Crippen LogP contribution in [-0.4, -0.2) is 38.3 Å². The molecule has 1 aromatic carbocycles. The Hall–Kier alpha value is -0.663. The number of rotatable bonds is 9. The van der Waals surface area contributed by atoms with E-state index in [2.05, 4.69) is 4.03 Å². The van der Waals surface area contributed by atoms with Gasteiger partial charge in [-0.1, -0.05) is 6.07 Å². The van der Waals surface area contributed by atoms with Gasteiger partial charge < -0.3 is 13.8 Å². The SMILES string of the molecule is CCOP(=O)(CS(=O)(=N[Si](C)(C)C)c1cccc(OC)c1)OCC. The smallest absolute Gasteiger partial charge is 0.344 e. The zero-order valence-electron chi connectivity index (χ0n) is 15.3. The van der Waals surface area contributed by atoms with Gasteiger partial charge in [0.1, 0.15) is 11.2 Å². The molecule has 6 nitrogen and oxygen atoms in total. The largest absolute Gasteiger partial charge is 0.497 e. The number of benzene rings is 1. The molecule has 0 aliphatic rings. The van der Waals surface area contributed by atoms with Crippen LogP contribution in [0.15, 0.2) is 33.2 Å². The average molecular weight is 394 g/mol. The van der Waals surface area contributed by atoms with E-state index in [0.717, 1.165) is 0 Å². The molecule has 1 aromatic rings. The third kappa shape index (κ3) is 6.33. The third-order valence-corrected chi connectivity index (χ3v) is 11.1. The van der Waals surface area contributed by atoms with Gasteiger partial charge in [0.25, 0.3) is 0 Å². The lowest BCUT2D eigenvalue weighted by Crippen LogP contribution is -2.22. The first-order valence-corrected chi connectivity index (χ1v) is 14.7. The minimum Gasteiger partial charge on any atom is -0.497 e. The van der Waals surface area contributed by atoms with Crippen molar-refractivity contribution in [3.63, 3.8) is 0 Å². The van der Waals surface area contributed by atoms with Crippen molar-refractivity contribution in [1.82, 2.24) is 0 Å². The molecule has 0 aliphatic carbocycles. The molecule has 0 saturated carbocycles. The molecule has 9 heteroatoms. The van der Waals surface area contributed by atoms with Gasteiger partial charge in [-0.05, 0) is 51.7 Å². The van der Waals surface area contributed by atoms with Crippen molar-refractivity contribution in [3.8, 4) is 5.75 Å². The van der Waals surface area contributed by atoms with Crippen LogP contribution < -0.4 is 4.74 Å². The summed E-state index contributed by atoms with van der Waals surface area (Å²) in [5.41, 5.74) is -0.251. The van der Waals surface area contributed by atoms with Crippen LogP contribution in [0.5, 0.6) is 5.75 Å². The Morgan fingerprint density at radius 3 is 2.21 bits per heavy atom. The highest BCUT2D eigenvalue weighted by atomic mass is 32.2. The fraction of sp³-hybridized carbons (Fsp3) is 0.600. The molecule has 0 fully saturated rings. The zero-order chi connectivity index (χ0) is 18.4. The molecule has 0 radical (unpaired) electrons. The van der Waals surface area contributed by atoms with Crippen molar-refractivity contribution in [2.45, 2.75) is 38.4 Å². The van der Waals surface area contributed by atoms with Gasteiger partial charge in [0.15, 0.2) is 8.24 Å². The molecule has 0 N–H and O–H groups in total. The molecule has 1 unspecified atom stereocenters. The van der Waals surface area contributed by atoms with E-state index < -0.39 is 25.6 Å². The molecule has 138 valence electrons. The maximum atomic E-state index is 13.7. The van der Waals surface area contributed by atoms with Crippen molar-refractivity contribution in [1.29, 1.82) is 0 Å². The van der Waals surface area contributed by atoms with E-state index in [1.54, 1.807) is 45.2 Å². The molecule has 0 spiro atoms. The van der Waals surface area contributed by atoms with Gasteiger partial charge in [-0.25, -0.2) is 4.21 Å². The van der Waals surface area contributed by atoms with Crippen molar-refractivity contribution in [3.05, 3.63) is 24.3 Å². The highest BCUT2D eigenvalue weighted by Gasteiger charge is 2.33. The number of methoxy groups -OCH3 is 1. The van der Waals surface area contributed by atoms with Gasteiger partial charge in [0, 0.05) is 0 Å². The minimum absolute atomic E-state index is 0.220. The van der Waals surface area contributed by atoms with E-state index in [9.17, 15) is 8.77 Å². The maximum Gasteiger partial charge on any atom is 0.344 e. The predicted molar refractivity (Wildman–Crippen MR) is 101 cm³/mol. The Morgan fingerprint density at radius 2 is 1.75 bits per heavy atom. The summed E-state index contributed by atoms with van der Waals surface area (Å²) in [7, 11) is -7.00. The van der Waals surface area contributed by atoms with E-state index >= 15 is 0 Å². The van der Waals surface area contributed by atoms with Crippen molar-refractivity contribution in [2.24, 2.45) is 4.03 Å². The molecule has 0 aromatic heterocycles. The lowest BCUT2D eigenvalue weighted by Gasteiger charge is -2.22. The van der Waals surface area contributed by atoms with Crippen LogP contribution in [-0.2, 0) is 23.3 Å². The molecular weight excluding hydrogens is 365 g/mol. The third-order valence-electron chi connectivity index (χ3n) is 2.82. The molecule has 0 saturated heterocycles. The lowest BCUT2D eigenvalue weighted by molar-refractivity contribution is 0.224. The molecule has 0 aliphatic heterocycles. The van der Waals surface area contributed by atoms with Crippen LogP contribution >= 0.6 is 7.60 Å². The summed E-state index contributed by atoms with van der Waals surface area (Å²) in [5, 5.41) is 0. The fourth-order valence-electron chi connectivity index (χ4n) is 2.12. The molecular formula is C15H28NO5PSSi. The highest BCUT2D eigenvalue weighted by Crippen LogP contribution is 2.51. The second-order valence-corrected chi connectivity index (χ2v) is 15.8. The number of ether oxygens (including phenoxy) is 1. The second kappa shape index (κ2) is 8.63. The molecule has 0 amide bonds. The summed E-state index contributed by atoms with van der Waals surface area (Å²) < 4.78 is 47.2. The lowest BCUT2D eigenvalue weighted by atomic mass is 10.3. The molecule has 1 rings (SSSR count). The second-order valence-electron chi connectivity index (χ2n) is 6.16. The summed E-state index contributed by atoms with van der Waals surface area (Å²) in [6.45, 7) is 9.86. The van der Waals surface area contributed by atoms with Gasteiger partial charge in [-0.2, -0.15) is 0 Å². The zero-order valence-corrected chi connectivity index (χ0v) is 18.0. The highest BCUT2D eigenvalue weighted by molar-refractivity contribution is 8.00. The summed E-state index contributed by atoms with van der Waals surface area (Å²) >= 11 is 0. The van der Waals surface area contributed by atoms with Crippen molar-refractivity contribution >= 4 is 25.6 Å². The maximum absolute atomic E-state index is 13.7. The monoisotopic (exact) mass is 393 g/mol. The first-order valence-electron chi connectivity index (χ1n) is 7.85. The average Bonchev–Trinajstić information content (AvgIpc) is 2.45. The first-order chi connectivity index (χ1) is 11.1. The standard InChI is InChI=1S/C15H28NO5PSSi/c1-7-20-22(17,21-8-2)13-23(18,16-24(4,5)6)15-11-9-10-14(12-15)19-3/h9-12H,7-8,13H2,1-6H3. The van der Waals surface area contributed by atoms with Gasteiger partial charge in [0.2, 0.25) is 0 Å². The Morgan fingerprint density at radius 1 is 1.17 bits per heavy atom. The van der Waals surface area contributed by atoms with Gasteiger partial charge in [0.05, 0.1) is 34.9 Å². The van der Waals surface area contributed by atoms with E-state index in [-0.39, 0.29) is 18.7 Å². The van der Waals surface area contributed by atoms with Crippen LogP contribution in [0.2, 0.25) is 19.6 Å². The Kier molecular flexibility index (Phi) is 7.68. The van der Waals surface area contributed by atoms with Gasteiger partial charge in [-0.3, -0.25) is 8.59 Å². The topological polar surface area (TPSA) is 74.2 Å². The molecule has 0 bridgehead atoms.